The maximum absolute atomic E-state index is 11.7. The maximum atomic E-state index is 11.7. The lowest BCUT2D eigenvalue weighted by Gasteiger charge is -2.46. The second-order valence-corrected chi connectivity index (χ2v) is 8.69. The highest BCUT2D eigenvalue weighted by atomic mass is 16.7. The normalized spacial score (nSPS) is 36.9. The molecule has 16 nitrogen and oxygen atoms in total. The predicted octanol–water partition coefficient (Wildman–Crippen LogP) is -4.66. The van der Waals surface area contributed by atoms with Gasteiger partial charge in [0.05, 0.1) is 13.2 Å². The molecule has 2 fully saturated rings. The summed E-state index contributed by atoms with van der Waals surface area (Å²) >= 11 is 0. The van der Waals surface area contributed by atoms with E-state index in [1.54, 1.807) is 0 Å². The molecule has 0 saturated carbocycles. The molecule has 0 aromatic carbocycles. The number of aliphatic hydroxyl groups excluding tert-OH is 6. The van der Waals surface area contributed by atoms with Crippen molar-refractivity contribution in [1.82, 2.24) is 5.32 Å². The number of hydrogen-bond acceptors (Lipinski definition) is 14. The topological polar surface area (TPSA) is 251 Å². The molecule has 1 unspecified atom stereocenters. The first kappa shape index (κ1) is 31.0. The van der Waals surface area contributed by atoms with Crippen molar-refractivity contribution >= 4 is 17.8 Å². The Bertz CT molecular complexity index is 824. The molecule has 0 bridgehead atoms. The molecule has 212 valence electrons. The third kappa shape index (κ3) is 8.11. The second kappa shape index (κ2) is 13.5. The summed E-state index contributed by atoms with van der Waals surface area (Å²) in [5.41, 5.74) is 0.126. The summed E-state index contributed by atoms with van der Waals surface area (Å²) < 4.78 is 25.9. The average molecular weight is 539 g/mol. The van der Waals surface area contributed by atoms with E-state index in [1.165, 1.54) is 6.92 Å². The Morgan fingerprint density at radius 2 is 1.62 bits per heavy atom. The monoisotopic (exact) mass is 539 g/mol. The van der Waals surface area contributed by atoms with Crippen molar-refractivity contribution < 1.29 is 73.8 Å². The Morgan fingerprint density at radius 3 is 2.19 bits per heavy atom. The number of aliphatic carboxylic acids is 1. The van der Waals surface area contributed by atoms with Crippen LogP contribution >= 0.6 is 0 Å². The van der Waals surface area contributed by atoms with E-state index in [0.29, 0.717) is 0 Å². The highest BCUT2D eigenvalue weighted by Gasteiger charge is 2.52. The van der Waals surface area contributed by atoms with E-state index in [0.717, 1.165) is 6.92 Å². The summed E-state index contributed by atoms with van der Waals surface area (Å²) in [5.74, 6) is -3.06. The van der Waals surface area contributed by atoms with Crippen LogP contribution in [0.1, 0.15) is 13.8 Å². The Hall–Kier alpha value is -2.25. The van der Waals surface area contributed by atoms with E-state index in [-0.39, 0.29) is 12.2 Å². The minimum absolute atomic E-state index is 0.126. The lowest BCUT2D eigenvalue weighted by atomic mass is 9.95. The van der Waals surface area contributed by atoms with Gasteiger partial charge in [0.25, 0.3) is 0 Å². The molecular weight excluding hydrogens is 506 g/mol. The molecule has 0 spiro atoms. The van der Waals surface area contributed by atoms with Gasteiger partial charge in [0, 0.05) is 12.5 Å². The molecule has 0 radical (unpaired) electrons. The first-order valence-electron chi connectivity index (χ1n) is 11.2. The number of nitrogens with one attached hydrogen (secondary N) is 1. The van der Waals surface area contributed by atoms with E-state index >= 15 is 0 Å². The molecular formula is C21H33NO15. The predicted molar refractivity (Wildman–Crippen MR) is 116 cm³/mol. The van der Waals surface area contributed by atoms with Crippen LogP contribution in [0, 0.1) is 0 Å². The number of rotatable bonds is 11. The lowest BCUT2D eigenvalue weighted by Crippen LogP contribution is -2.68. The van der Waals surface area contributed by atoms with Crippen molar-refractivity contribution in [2.24, 2.45) is 0 Å². The van der Waals surface area contributed by atoms with E-state index in [2.05, 4.69) is 11.9 Å². The van der Waals surface area contributed by atoms with Crippen molar-refractivity contribution in [1.29, 1.82) is 0 Å². The number of amides is 1. The summed E-state index contributed by atoms with van der Waals surface area (Å²) in [6.45, 7) is 4.66. The molecule has 11 atom stereocenters. The Balaban J connectivity index is 2.11. The fourth-order valence-electron chi connectivity index (χ4n) is 3.59. The molecule has 0 aliphatic carbocycles. The zero-order valence-electron chi connectivity index (χ0n) is 20.1. The molecule has 2 heterocycles. The summed E-state index contributed by atoms with van der Waals surface area (Å²) in [5, 5.41) is 72.5. The van der Waals surface area contributed by atoms with Gasteiger partial charge < -0.3 is 64.7 Å². The molecule has 37 heavy (non-hydrogen) atoms. The van der Waals surface area contributed by atoms with Gasteiger partial charge in [-0.2, -0.15) is 0 Å². The number of carbonyl (C=O) groups excluding carboxylic acids is 2. The third-order valence-corrected chi connectivity index (χ3v) is 5.52. The molecule has 0 aromatic rings. The quantitative estimate of drug-likeness (QED) is 0.0907. The molecule has 2 rings (SSSR count). The number of ether oxygens (including phenoxy) is 5. The van der Waals surface area contributed by atoms with Gasteiger partial charge in [-0.05, 0) is 6.92 Å². The van der Waals surface area contributed by atoms with Gasteiger partial charge >= 0.3 is 11.9 Å². The molecule has 16 heteroatoms. The van der Waals surface area contributed by atoms with Crippen LogP contribution in [-0.2, 0) is 38.1 Å². The van der Waals surface area contributed by atoms with Crippen molar-refractivity contribution in [3.05, 3.63) is 12.2 Å². The maximum Gasteiger partial charge on any atom is 0.335 e. The van der Waals surface area contributed by atoms with Gasteiger partial charge in [-0.3, -0.25) is 4.79 Å². The molecule has 2 saturated heterocycles. The van der Waals surface area contributed by atoms with E-state index < -0.39 is 98.5 Å². The SMILES string of the molecule is C=C(C)C(=O)OCC(O)COC[C@H]1O[C@@H](O[C@H]2[C@H](O)[C@@H](O)[C@H](O)O[C@@H]2C(=O)O)[C@H](NC(C)=O)[C@@H](O)[C@@H]1O. The molecule has 0 aromatic heterocycles. The highest BCUT2D eigenvalue weighted by Crippen LogP contribution is 2.29. The fraction of sp³-hybridized carbons (Fsp3) is 0.762. The van der Waals surface area contributed by atoms with Crippen LogP contribution in [0.2, 0.25) is 0 Å². The van der Waals surface area contributed by atoms with Gasteiger partial charge in [-0.15, -0.1) is 0 Å². The number of carboxylic acids is 1. The van der Waals surface area contributed by atoms with Crippen LogP contribution in [0.5, 0.6) is 0 Å². The highest BCUT2D eigenvalue weighted by molar-refractivity contribution is 5.86. The Morgan fingerprint density at radius 1 is 0.973 bits per heavy atom. The van der Waals surface area contributed by atoms with E-state index in [4.69, 9.17) is 23.7 Å². The minimum Gasteiger partial charge on any atom is -0.479 e. The lowest BCUT2D eigenvalue weighted by molar-refractivity contribution is -0.336. The first-order chi connectivity index (χ1) is 17.2. The van der Waals surface area contributed by atoms with Gasteiger partial charge in [0.15, 0.2) is 18.7 Å². The standard InChI is InChI=1S/C21H33NO15/c1-7(2)19(31)34-5-9(24)4-33-6-10-12(25)13(26)11(22-8(3)23)21(35-10)37-16-14(27)15(28)20(32)36-17(16)18(29)30/h9-17,20-21,24-28,32H,1,4-6H2,2-3H3,(H,22,23)(H,29,30)/t9?,10-,11-,12-,13-,14-,15-,16+,17+,20-,21+/m1/s1. The number of esters is 1. The average Bonchev–Trinajstić information content (AvgIpc) is 2.82. The molecule has 2 aliphatic rings. The van der Waals surface area contributed by atoms with Crippen LogP contribution < -0.4 is 5.32 Å². The number of aliphatic hydroxyl groups is 6. The molecule has 8 N–H and O–H groups in total. The van der Waals surface area contributed by atoms with Crippen molar-refractivity contribution in [3.63, 3.8) is 0 Å². The van der Waals surface area contributed by atoms with E-state index in [1.807, 2.05) is 0 Å². The third-order valence-electron chi connectivity index (χ3n) is 5.52. The fourth-order valence-corrected chi connectivity index (χ4v) is 3.59. The van der Waals surface area contributed by atoms with Gasteiger partial charge in [-0.1, -0.05) is 6.58 Å². The smallest absolute Gasteiger partial charge is 0.335 e. The number of hydrogen-bond donors (Lipinski definition) is 8. The van der Waals surface area contributed by atoms with Crippen LogP contribution in [-0.4, -0.2) is 141 Å². The first-order valence-corrected chi connectivity index (χ1v) is 11.2. The summed E-state index contributed by atoms with van der Waals surface area (Å²) in [6.07, 6.45) is -17.5. The number of carboxylic acid groups (broad SMARTS) is 1. The van der Waals surface area contributed by atoms with Gasteiger partial charge in [0.1, 0.15) is 55.4 Å². The second-order valence-electron chi connectivity index (χ2n) is 8.69. The van der Waals surface area contributed by atoms with Crippen LogP contribution in [0.25, 0.3) is 0 Å². The molecule has 2 aliphatic heterocycles. The van der Waals surface area contributed by atoms with Crippen molar-refractivity contribution in [3.8, 4) is 0 Å². The minimum atomic E-state index is -2.04. The van der Waals surface area contributed by atoms with Crippen molar-refractivity contribution in [2.45, 2.75) is 81.3 Å². The summed E-state index contributed by atoms with van der Waals surface area (Å²) in [6, 6.07) is -1.47. The van der Waals surface area contributed by atoms with Crippen LogP contribution in [0.4, 0.5) is 0 Å². The van der Waals surface area contributed by atoms with Crippen molar-refractivity contribution in [2.75, 3.05) is 19.8 Å². The van der Waals surface area contributed by atoms with Crippen LogP contribution in [0.3, 0.4) is 0 Å². The number of carbonyl (C=O) groups is 3. The zero-order valence-corrected chi connectivity index (χ0v) is 20.1. The Kier molecular flexibility index (Phi) is 11.3. The van der Waals surface area contributed by atoms with Gasteiger partial charge in [-0.25, -0.2) is 9.59 Å². The Labute approximate surface area is 210 Å². The molecule has 1 amide bonds. The van der Waals surface area contributed by atoms with Gasteiger partial charge in [0.2, 0.25) is 5.91 Å². The van der Waals surface area contributed by atoms with Crippen LogP contribution in [0.15, 0.2) is 12.2 Å². The summed E-state index contributed by atoms with van der Waals surface area (Å²) in [7, 11) is 0. The largest absolute Gasteiger partial charge is 0.479 e. The zero-order chi connectivity index (χ0) is 28.0. The summed E-state index contributed by atoms with van der Waals surface area (Å²) in [4.78, 5) is 34.6. The van der Waals surface area contributed by atoms with E-state index in [9.17, 15) is 50.1 Å².